The Balaban J connectivity index is 2.04. The zero-order valence-electron chi connectivity index (χ0n) is 17.4. The lowest BCUT2D eigenvalue weighted by molar-refractivity contribution is -0.123. The van der Waals surface area contributed by atoms with Gasteiger partial charge in [0.1, 0.15) is 0 Å². The van der Waals surface area contributed by atoms with Gasteiger partial charge in [0.05, 0.1) is 30.7 Å². The molecule has 0 heterocycles. The van der Waals surface area contributed by atoms with Crippen LogP contribution in [0.1, 0.15) is 38.8 Å². The van der Waals surface area contributed by atoms with E-state index in [1.54, 1.807) is 26.2 Å². The molecular weight excluding hydrogens is 428 g/mol. The Kier molecular flexibility index (Phi) is 8.52. The lowest BCUT2D eigenvalue weighted by Crippen LogP contribution is -2.45. The molecule has 0 saturated carbocycles. The van der Waals surface area contributed by atoms with E-state index in [1.807, 2.05) is 13.0 Å². The van der Waals surface area contributed by atoms with Gasteiger partial charge in [0.15, 0.2) is 11.5 Å². The van der Waals surface area contributed by atoms with Crippen molar-refractivity contribution in [2.24, 2.45) is 0 Å². The van der Waals surface area contributed by atoms with Gasteiger partial charge in [-0.25, -0.2) is 8.42 Å². The molecule has 2 N–H and O–H groups in total. The van der Waals surface area contributed by atoms with E-state index in [2.05, 4.69) is 10.0 Å². The fourth-order valence-electron chi connectivity index (χ4n) is 2.67. The van der Waals surface area contributed by atoms with Gasteiger partial charge in [-0.3, -0.25) is 4.79 Å². The van der Waals surface area contributed by atoms with Crippen LogP contribution in [0.3, 0.4) is 0 Å². The molecule has 1 unspecified atom stereocenters. The van der Waals surface area contributed by atoms with Crippen molar-refractivity contribution in [1.82, 2.24) is 10.0 Å². The zero-order valence-corrected chi connectivity index (χ0v) is 19.0. The van der Waals surface area contributed by atoms with Crippen LogP contribution < -0.4 is 19.5 Å². The van der Waals surface area contributed by atoms with E-state index < -0.39 is 22.0 Å². The van der Waals surface area contributed by atoms with Gasteiger partial charge in [-0.2, -0.15) is 4.72 Å². The SMILES string of the molecule is CCCOc1ccc(C(C)NC(=O)[C@H](C)NS(=O)(=O)c2ccc(Cl)cc2)cc1OC. The van der Waals surface area contributed by atoms with Gasteiger partial charge in [-0.1, -0.05) is 24.6 Å². The summed E-state index contributed by atoms with van der Waals surface area (Å²) >= 11 is 5.79. The summed E-state index contributed by atoms with van der Waals surface area (Å²) in [6.45, 7) is 5.88. The molecule has 0 fully saturated rings. The molecule has 1 amide bonds. The maximum Gasteiger partial charge on any atom is 0.241 e. The molecule has 0 aliphatic carbocycles. The van der Waals surface area contributed by atoms with Crippen molar-refractivity contribution in [3.05, 3.63) is 53.1 Å². The van der Waals surface area contributed by atoms with E-state index in [-0.39, 0.29) is 10.9 Å². The lowest BCUT2D eigenvalue weighted by Gasteiger charge is -2.20. The highest BCUT2D eigenvalue weighted by atomic mass is 35.5. The summed E-state index contributed by atoms with van der Waals surface area (Å²) in [4.78, 5) is 12.6. The van der Waals surface area contributed by atoms with Crippen LogP contribution in [0.5, 0.6) is 11.5 Å². The van der Waals surface area contributed by atoms with Crippen molar-refractivity contribution in [3.8, 4) is 11.5 Å². The largest absolute Gasteiger partial charge is 0.493 e. The summed E-state index contributed by atoms with van der Waals surface area (Å²) in [5.41, 5.74) is 0.803. The van der Waals surface area contributed by atoms with Crippen molar-refractivity contribution >= 4 is 27.5 Å². The Morgan fingerprint density at radius 1 is 1.10 bits per heavy atom. The van der Waals surface area contributed by atoms with Gasteiger partial charge in [-0.15, -0.1) is 0 Å². The summed E-state index contributed by atoms with van der Waals surface area (Å²) in [7, 11) is -2.30. The van der Waals surface area contributed by atoms with Crippen LogP contribution in [0.2, 0.25) is 5.02 Å². The molecule has 0 radical (unpaired) electrons. The number of carbonyl (C=O) groups excluding carboxylic acids is 1. The number of amides is 1. The molecule has 2 aromatic carbocycles. The minimum atomic E-state index is -3.85. The summed E-state index contributed by atoms with van der Waals surface area (Å²) in [6, 6.07) is 9.79. The number of methoxy groups -OCH3 is 1. The first-order valence-corrected chi connectivity index (χ1v) is 11.4. The molecule has 0 saturated heterocycles. The molecular formula is C21H27ClN2O5S. The second-order valence-electron chi connectivity index (χ2n) is 6.79. The van der Waals surface area contributed by atoms with Crippen molar-refractivity contribution in [1.29, 1.82) is 0 Å². The minimum Gasteiger partial charge on any atom is -0.493 e. The van der Waals surface area contributed by atoms with Gasteiger partial charge in [0.25, 0.3) is 0 Å². The molecule has 30 heavy (non-hydrogen) atoms. The highest BCUT2D eigenvalue weighted by Crippen LogP contribution is 2.30. The number of carbonyl (C=O) groups is 1. The number of nitrogens with one attached hydrogen (secondary N) is 2. The third kappa shape index (κ3) is 6.35. The zero-order chi connectivity index (χ0) is 22.3. The Bertz CT molecular complexity index is 964. The Morgan fingerprint density at radius 2 is 1.77 bits per heavy atom. The highest BCUT2D eigenvalue weighted by molar-refractivity contribution is 7.89. The van der Waals surface area contributed by atoms with Crippen LogP contribution in [-0.4, -0.2) is 34.1 Å². The van der Waals surface area contributed by atoms with E-state index in [0.29, 0.717) is 23.1 Å². The van der Waals surface area contributed by atoms with Gasteiger partial charge < -0.3 is 14.8 Å². The van der Waals surface area contributed by atoms with Crippen LogP contribution in [0, 0.1) is 0 Å². The molecule has 0 aliphatic heterocycles. The normalized spacial score (nSPS) is 13.4. The second-order valence-corrected chi connectivity index (χ2v) is 8.94. The van der Waals surface area contributed by atoms with Crippen molar-refractivity contribution in [2.45, 2.75) is 44.2 Å². The number of hydrogen-bond donors (Lipinski definition) is 2. The Hall–Kier alpha value is -2.29. The predicted molar refractivity (Wildman–Crippen MR) is 117 cm³/mol. The maximum absolute atomic E-state index is 12.5. The Labute approximate surface area is 182 Å². The average Bonchev–Trinajstić information content (AvgIpc) is 2.71. The van der Waals surface area contributed by atoms with Crippen molar-refractivity contribution in [2.75, 3.05) is 13.7 Å². The van der Waals surface area contributed by atoms with Crippen LogP contribution >= 0.6 is 11.6 Å². The monoisotopic (exact) mass is 454 g/mol. The number of ether oxygens (including phenoxy) is 2. The topological polar surface area (TPSA) is 93.7 Å². The second kappa shape index (κ2) is 10.7. The fourth-order valence-corrected chi connectivity index (χ4v) is 4.00. The van der Waals surface area contributed by atoms with Gasteiger partial charge in [0.2, 0.25) is 15.9 Å². The molecule has 0 aliphatic rings. The molecule has 2 rings (SSSR count). The molecule has 0 aromatic heterocycles. The number of halogens is 1. The smallest absolute Gasteiger partial charge is 0.241 e. The average molecular weight is 455 g/mol. The standard InChI is InChI=1S/C21H27ClN2O5S/c1-5-12-29-19-11-6-16(13-20(19)28-4)14(2)23-21(25)15(3)24-30(26,27)18-9-7-17(22)8-10-18/h6-11,13-15,24H,5,12H2,1-4H3,(H,23,25)/t14?,15-/m0/s1. The predicted octanol–water partition coefficient (Wildman–Crippen LogP) is 3.68. The van der Waals surface area contributed by atoms with Crippen LogP contribution in [0.4, 0.5) is 0 Å². The first kappa shape index (κ1) is 24.0. The van der Waals surface area contributed by atoms with Crippen LogP contribution in [0.15, 0.2) is 47.4 Å². The number of sulfonamides is 1. The minimum absolute atomic E-state index is 0.0343. The fraction of sp³-hybridized carbons (Fsp3) is 0.381. The molecule has 7 nitrogen and oxygen atoms in total. The number of rotatable bonds is 10. The first-order chi connectivity index (χ1) is 14.2. The summed E-state index contributed by atoms with van der Waals surface area (Å²) in [6.07, 6.45) is 0.876. The third-order valence-corrected chi connectivity index (χ3v) is 6.17. The summed E-state index contributed by atoms with van der Waals surface area (Å²) < 4.78 is 38.3. The van der Waals surface area contributed by atoms with Gasteiger partial charge >= 0.3 is 0 Å². The van der Waals surface area contributed by atoms with E-state index in [4.69, 9.17) is 21.1 Å². The maximum atomic E-state index is 12.5. The molecule has 164 valence electrons. The van der Waals surface area contributed by atoms with E-state index >= 15 is 0 Å². The van der Waals surface area contributed by atoms with Gasteiger partial charge in [-0.05, 0) is 62.2 Å². The number of benzene rings is 2. The summed E-state index contributed by atoms with van der Waals surface area (Å²) in [5, 5.41) is 3.24. The highest BCUT2D eigenvalue weighted by Gasteiger charge is 2.23. The van der Waals surface area contributed by atoms with E-state index in [9.17, 15) is 13.2 Å². The summed E-state index contributed by atoms with van der Waals surface area (Å²) in [5.74, 6) is 0.745. The third-order valence-electron chi connectivity index (χ3n) is 4.36. The molecule has 9 heteroatoms. The van der Waals surface area contributed by atoms with Gasteiger partial charge in [0, 0.05) is 5.02 Å². The molecule has 2 aromatic rings. The molecule has 0 spiro atoms. The molecule has 2 atom stereocenters. The Morgan fingerprint density at radius 3 is 2.37 bits per heavy atom. The van der Waals surface area contributed by atoms with E-state index in [1.165, 1.54) is 31.2 Å². The quantitative estimate of drug-likeness (QED) is 0.571. The van der Waals surface area contributed by atoms with Crippen molar-refractivity contribution < 1.29 is 22.7 Å². The molecule has 0 bridgehead atoms. The lowest BCUT2D eigenvalue weighted by atomic mass is 10.1. The first-order valence-electron chi connectivity index (χ1n) is 9.57. The van der Waals surface area contributed by atoms with Crippen molar-refractivity contribution in [3.63, 3.8) is 0 Å². The van der Waals surface area contributed by atoms with E-state index in [0.717, 1.165) is 12.0 Å². The number of hydrogen-bond acceptors (Lipinski definition) is 5. The van der Waals surface area contributed by atoms with Crippen LogP contribution in [0.25, 0.3) is 0 Å². The van der Waals surface area contributed by atoms with Crippen LogP contribution in [-0.2, 0) is 14.8 Å².